The Bertz CT molecular complexity index is 1550. The SMILES string of the molecule is C[C@H](NC(=O)[C@H](C)NC(=O)[C@@H](N)CCCN=C(N)N)C(=O)N[C@@H](C)C(=O)N[C@@H](CCCN=C(N)N)C(=O)N[C@@H](C)C(=O)N[C@@H](C)C(=O)N[C@@H](CCCN=C(N)N)C(=O)O. The molecule has 8 atom stereocenters. The van der Waals surface area contributed by atoms with Gasteiger partial charge in [0.05, 0.1) is 6.04 Å². The van der Waals surface area contributed by atoms with Crippen LogP contribution in [0, 0.1) is 0 Å². The van der Waals surface area contributed by atoms with E-state index in [1.165, 1.54) is 34.6 Å². The van der Waals surface area contributed by atoms with Crippen LogP contribution < -0.4 is 77.4 Å². The molecule has 0 aliphatic rings. The van der Waals surface area contributed by atoms with E-state index >= 15 is 0 Å². The molecule has 0 bridgehead atoms. The van der Waals surface area contributed by atoms with Crippen molar-refractivity contribution in [1.82, 2.24) is 37.2 Å². The number of guanidine groups is 3. The standard InChI is InChI=1S/C33H63N17O9/c1-15(44-24(52)16(2)47-28(56)20(34)9-6-12-41-31(35)36)23(51)45-18(4)26(54)49-21(10-7-13-42-32(37)38)29(57)48-17(3)25(53)46-19(5)27(55)50-22(30(58)59)11-8-14-43-33(39)40/h15-22H,6-14,34H2,1-5H3,(H,44,52)(H,45,51)(H,46,53)(H,47,56)(H,48,57)(H,49,54)(H,50,55)(H,58,59)(H4,35,36,41)(H4,37,38,42)(H4,39,40,43)/t15-,16-,17-,18-,19-,20-,21-,22-/m0/s1. The molecule has 0 aromatic heterocycles. The molecule has 0 saturated carbocycles. The minimum absolute atomic E-state index is 0.000977. The maximum atomic E-state index is 13.3. The summed E-state index contributed by atoms with van der Waals surface area (Å²) in [7, 11) is 0. The van der Waals surface area contributed by atoms with Gasteiger partial charge in [-0.2, -0.15) is 0 Å². The van der Waals surface area contributed by atoms with Gasteiger partial charge in [-0.15, -0.1) is 0 Å². The second-order valence-electron chi connectivity index (χ2n) is 13.6. The van der Waals surface area contributed by atoms with Gasteiger partial charge in [-0.1, -0.05) is 0 Å². The average Bonchev–Trinajstić information content (AvgIpc) is 3.14. The van der Waals surface area contributed by atoms with Gasteiger partial charge in [0.1, 0.15) is 42.3 Å². The van der Waals surface area contributed by atoms with E-state index < -0.39 is 95.7 Å². The van der Waals surface area contributed by atoms with Gasteiger partial charge in [0.25, 0.3) is 0 Å². The van der Waals surface area contributed by atoms with Crippen molar-refractivity contribution >= 4 is 65.2 Å². The van der Waals surface area contributed by atoms with E-state index in [2.05, 4.69) is 52.2 Å². The molecule has 0 fully saturated rings. The zero-order valence-electron chi connectivity index (χ0n) is 34.1. The number of amides is 7. The van der Waals surface area contributed by atoms with E-state index in [0.29, 0.717) is 6.42 Å². The summed E-state index contributed by atoms with van der Waals surface area (Å²) in [6, 6.07) is -9.43. The monoisotopic (exact) mass is 841 g/mol. The molecule has 0 aliphatic heterocycles. The molecule has 0 spiro atoms. The lowest BCUT2D eigenvalue weighted by molar-refractivity contribution is -0.142. The van der Waals surface area contributed by atoms with Gasteiger partial charge in [-0.25, -0.2) is 4.79 Å². The van der Waals surface area contributed by atoms with Gasteiger partial charge in [0, 0.05) is 19.6 Å². The van der Waals surface area contributed by atoms with Gasteiger partial charge in [0.2, 0.25) is 41.4 Å². The highest BCUT2D eigenvalue weighted by molar-refractivity contribution is 5.97. The van der Waals surface area contributed by atoms with Gasteiger partial charge >= 0.3 is 5.97 Å². The average molecular weight is 842 g/mol. The van der Waals surface area contributed by atoms with Crippen LogP contribution in [0.1, 0.15) is 73.1 Å². The fourth-order valence-electron chi connectivity index (χ4n) is 4.75. The number of carbonyl (C=O) groups excluding carboxylic acids is 7. The van der Waals surface area contributed by atoms with Crippen LogP contribution in [-0.4, -0.2) is 138 Å². The number of carboxylic acid groups (broad SMARTS) is 1. The topological polar surface area (TPSA) is 460 Å². The maximum Gasteiger partial charge on any atom is 0.326 e. The normalized spacial score (nSPS) is 14.7. The van der Waals surface area contributed by atoms with Crippen LogP contribution in [0.15, 0.2) is 15.0 Å². The predicted octanol–water partition coefficient (Wildman–Crippen LogP) is -6.95. The maximum absolute atomic E-state index is 13.3. The van der Waals surface area contributed by atoms with Crippen LogP contribution in [0.5, 0.6) is 0 Å². The summed E-state index contributed by atoms with van der Waals surface area (Å²) in [5, 5.41) is 26.5. The zero-order chi connectivity index (χ0) is 45.4. The first kappa shape index (κ1) is 52.5. The quantitative estimate of drug-likeness (QED) is 0.0208. The molecule has 26 nitrogen and oxygen atoms in total. The summed E-state index contributed by atoms with van der Waals surface area (Å²) in [6.45, 7) is 7.18. The molecule has 0 unspecified atom stereocenters. The molecule has 0 saturated heterocycles. The predicted molar refractivity (Wildman–Crippen MR) is 217 cm³/mol. The third kappa shape index (κ3) is 22.8. The van der Waals surface area contributed by atoms with Gasteiger partial charge in [0.15, 0.2) is 17.9 Å². The Hall–Kier alpha value is -6.47. The van der Waals surface area contributed by atoms with Crippen LogP contribution in [0.25, 0.3) is 0 Å². The number of hydrogen-bond acceptors (Lipinski definition) is 12. The van der Waals surface area contributed by atoms with Crippen molar-refractivity contribution in [3.8, 4) is 0 Å². The highest BCUT2D eigenvalue weighted by atomic mass is 16.4. The largest absolute Gasteiger partial charge is 0.480 e. The van der Waals surface area contributed by atoms with E-state index in [0.717, 1.165) is 0 Å². The molecule has 0 aliphatic carbocycles. The van der Waals surface area contributed by atoms with Crippen LogP contribution >= 0.6 is 0 Å². The molecule has 0 rings (SSSR count). The summed E-state index contributed by atoms with van der Waals surface area (Å²) in [4.78, 5) is 113. The first-order valence-corrected chi connectivity index (χ1v) is 18.7. The first-order valence-electron chi connectivity index (χ1n) is 18.7. The Morgan fingerprint density at radius 1 is 0.424 bits per heavy atom. The van der Waals surface area contributed by atoms with Crippen molar-refractivity contribution in [2.24, 2.45) is 55.1 Å². The lowest BCUT2D eigenvalue weighted by atomic mass is 10.1. The number of hydrogen-bond donors (Lipinski definition) is 15. The highest BCUT2D eigenvalue weighted by Gasteiger charge is 2.30. The Morgan fingerprint density at radius 2 is 0.695 bits per heavy atom. The molecule has 0 aromatic carbocycles. The number of rotatable bonds is 27. The number of nitrogens with one attached hydrogen (secondary N) is 7. The Balaban J connectivity index is 5.38. The Labute approximate surface area is 341 Å². The van der Waals surface area contributed by atoms with Crippen LogP contribution in [-0.2, 0) is 38.4 Å². The summed E-state index contributed by atoms with van der Waals surface area (Å²) in [5.74, 6) is -7.09. The van der Waals surface area contributed by atoms with E-state index in [4.69, 9.17) is 40.1 Å². The second-order valence-corrected chi connectivity index (χ2v) is 13.6. The van der Waals surface area contributed by atoms with Gasteiger partial charge < -0.3 is 82.5 Å². The van der Waals surface area contributed by atoms with Gasteiger partial charge in [-0.05, 0) is 73.1 Å². The summed E-state index contributed by atoms with van der Waals surface area (Å²) < 4.78 is 0. The van der Waals surface area contributed by atoms with Gasteiger partial charge in [-0.3, -0.25) is 48.5 Å². The number of nitrogens with zero attached hydrogens (tertiary/aromatic N) is 3. The number of carbonyl (C=O) groups is 8. The number of aliphatic carboxylic acids is 1. The molecule has 0 heterocycles. The fourth-order valence-corrected chi connectivity index (χ4v) is 4.75. The van der Waals surface area contributed by atoms with Crippen LogP contribution in [0.4, 0.5) is 0 Å². The minimum Gasteiger partial charge on any atom is -0.480 e. The van der Waals surface area contributed by atoms with Crippen molar-refractivity contribution in [2.75, 3.05) is 19.6 Å². The van der Waals surface area contributed by atoms with Crippen molar-refractivity contribution in [2.45, 2.75) is 121 Å². The molecule has 22 N–H and O–H groups in total. The van der Waals surface area contributed by atoms with Crippen molar-refractivity contribution in [1.29, 1.82) is 0 Å². The molecule has 7 amide bonds. The molecule has 59 heavy (non-hydrogen) atoms. The first-order chi connectivity index (χ1) is 27.5. The second kappa shape index (κ2) is 27.2. The van der Waals surface area contributed by atoms with Crippen LogP contribution in [0.2, 0.25) is 0 Å². The van der Waals surface area contributed by atoms with E-state index in [1.807, 2.05) is 0 Å². The molecule has 334 valence electrons. The summed E-state index contributed by atoms with van der Waals surface area (Å²) >= 11 is 0. The summed E-state index contributed by atoms with van der Waals surface area (Å²) in [6.07, 6.45) is 1.09. The third-order valence-corrected chi connectivity index (χ3v) is 8.20. The minimum atomic E-state index is -1.31. The molecule has 26 heteroatoms. The number of aliphatic imine (C=N–C) groups is 3. The summed E-state index contributed by atoms with van der Waals surface area (Å²) in [5.41, 5.74) is 37.6. The van der Waals surface area contributed by atoms with Crippen molar-refractivity contribution in [3.63, 3.8) is 0 Å². The smallest absolute Gasteiger partial charge is 0.326 e. The Kier molecular flexibility index (Phi) is 24.2. The van der Waals surface area contributed by atoms with Crippen molar-refractivity contribution < 1.29 is 43.5 Å². The van der Waals surface area contributed by atoms with Crippen molar-refractivity contribution in [3.05, 3.63) is 0 Å². The van der Waals surface area contributed by atoms with Crippen LogP contribution in [0.3, 0.4) is 0 Å². The van der Waals surface area contributed by atoms with E-state index in [-0.39, 0.29) is 69.6 Å². The Morgan fingerprint density at radius 3 is 1.03 bits per heavy atom. The van der Waals surface area contributed by atoms with E-state index in [1.54, 1.807) is 0 Å². The third-order valence-electron chi connectivity index (χ3n) is 8.20. The number of nitrogens with two attached hydrogens (primary N) is 7. The zero-order valence-corrected chi connectivity index (χ0v) is 34.1. The molecular formula is C33H63N17O9. The highest BCUT2D eigenvalue weighted by Crippen LogP contribution is 2.03. The molecule has 0 radical (unpaired) electrons. The number of carboxylic acids is 1. The van der Waals surface area contributed by atoms with E-state index in [9.17, 15) is 43.5 Å². The molecule has 0 aromatic rings. The lowest BCUT2D eigenvalue weighted by Crippen LogP contribution is -2.58. The molecular weight excluding hydrogens is 778 g/mol. The fraction of sp³-hybridized carbons (Fsp3) is 0.667. The lowest BCUT2D eigenvalue weighted by Gasteiger charge is -2.25.